The molecule has 0 saturated heterocycles. The number of amides is 2. The molecule has 1 aromatic carbocycles. The van der Waals surface area contributed by atoms with E-state index in [9.17, 15) is 9.59 Å². The monoisotopic (exact) mass is 302 g/mol. The second-order valence-electron chi connectivity index (χ2n) is 5.81. The summed E-state index contributed by atoms with van der Waals surface area (Å²) in [6.45, 7) is 7.84. The Morgan fingerprint density at radius 2 is 1.95 bits per heavy atom. The molecule has 1 unspecified atom stereocenters. The van der Waals surface area contributed by atoms with Gasteiger partial charge < -0.3 is 10.4 Å². The predicted octanol–water partition coefficient (Wildman–Crippen LogP) is 1.64. The molecule has 0 bridgehead atoms. The van der Waals surface area contributed by atoms with Crippen molar-refractivity contribution in [2.75, 3.05) is 13.2 Å². The van der Waals surface area contributed by atoms with Gasteiger partial charge in [-0.3, -0.25) is 14.5 Å². The number of aliphatic hydroxyl groups is 1. The third kappa shape index (κ3) is 3.20. The summed E-state index contributed by atoms with van der Waals surface area (Å²) in [5.41, 5.74) is 1.91. The molecule has 1 aliphatic heterocycles. The first-order chi connectivity index (χ1) is 10.5. The molecule has 0 spiro atoms. The standard InChI is InChI=1S/C17H22N2O3/c1-11(2)15(8-9-20)18-16(21)10-19-12(3)13-6-4-5-7-14(13)17(19)22/h4-7,11,15,20H,3,8-10H2,1-2H3,(H,18,21). The minimum Gasteiger partial charge on any atom is -0.396 e. The summed E-state index contributed by atoms with van der Waals surface area (Å²) in [5, 5.41) is 11.9. The lowest BCUT2D eigenvalue weighted by Crippen LogP contribution is -2.44. The summed E-state index contributed by atoms with van der Waals surface area (Å²) in [7, 11) is 0. The minimum absolute atomic E-state index is 0.0178. The number of hydrogen-bond donors (Lipinski definition) is 2. The van der Waals surface area contributed by atoms with Crippen molar-refractivity contribution in [2.45, 2.75) is 26.3 Å². The lowest BCUT2D eigenvalue weighted by Gasteiger charge is -2.23. The van der Waals surface area contributed by atoms with Crippen LogP contribution < -0.4 is 5.32 Å². The zero-order valence-electron chi connectivity index (χ0n) is 13.0. The highest BCUT2D eigenvalue weighted by Crippen LogP contribution is 2.30. The van der Waals surface area contributed by atoms with Crippen molar-refractivity contribution < 1.29 is 14.7 Å². The molecule has 1 atom stereocenters. The lowest BCUT2D eigenvalue weighted by molar-refractivity contribution is -0.122. The van der Waals surface area contributed by atoms with Crippen molar-refractivity contribution in [1.82, 2.24) is 10.2 Å². The van der Waals surface area contributed by atoms with Crippen LogP contribution in [0.1, 0.15) is 36.2 Å². The molecule has 0 aliphatic carbocycles. The number of aliphatic hydroxyl groups excluding tert-OH is 1. The first-order valence-corrected chi connectivity index (χ1v) is 7.46. The van der Waals surface area contributed by atoms with Crippen LogP contribution in [0.5, 0.6) is 0 Å². The maximum absolute atomic E-state index is 12.3. The van der Waals surface area contributed by atoms with Gasteiger partial charge in [-0.05, 0) is 18.4 Å². The quantitative estimate of drug-likeness (QED) is 0.839. The van der Waals surface area contributed by atoms with Crippen LogP contribution in [-0.4, -0.2) is 41.0 Å². The summed E-state index contributed by atoms with van der Waals surface area (Å²) >= 11 is 0. The Balaban J connectivity index is 2.04. The molecule has 2 rings (SSSR count). The minimum atomic E-state index is -0.241. The average Bonchev–Trinajstić information content (AvgIpc) is 2.72. The van der Waals surface area contributed by atoms with E-state index in [2.05, 4.69) is 11.9 Å². The average molecular weight is 302 g/mol. The molecular weight excluding hydrogens is 280 g/mol. The largest absolute Gasteiger partial charge is 0.396 e. The summed E-state index contributed by atoms with van der Waals surface area (Å²) in [4.78, 5) is 25.9. The van der Waals surface area contributed by atoms with Crippen LogP contribution in [-0.2, 0) is 4.79 Å². The fourth-order valence-electron chi connectivity index (χ4n) is 2.61. The molecule has 1 aliphatic rings. The number of fused-ring (bicyclic) bond motifs is 1. The molecule has 118 valence electrons. The molecule has 5 heteroatoms. The Kier molecular flexibility index (Phi) is 4.98. The molecule has 1 aromatic rings. The molecular formula is C17H22N2O3. The van der Waals surface area contributed by atoms with E-state index in [0.717, 1.165) is 5.56 Å². The van der Waals surface area contributed by atoms with E-state index in [1.807, 2.05) is 26.0 Å². The predicted molar refractivity (Wildman–Crippen MR) is 85.0 cm³/mol. The molecule has 0 radical (unpaired) electrons. The molecule has 2 N–H and O–H groups in total. The number of hydrogen-bond acceptors (Lipinski definition) is 3. The van der Waals surface area contributed by atoms with Crippen LogP contribution in [0.2, 0.25) is 0 Å². The first kappa shape index (κ1) is 16.2. The second-order valence-corrected chi connectivity index (χ2v) is 5.81. The maximum Gasteiger partial charge on any atom is 0.259 e. The number of nitrogens with zero attached hydrogens (tertiary/aromatic N) is 1. The van der Waals surface area contributed by atoms with Gasteiger partial charge in [-0.25, -0.2) is 0 Å². The van der Waals surface area contributed by atoms with Crippen LogP contribution in [0.3, 0.4) is 0 Å². The zero-order valence-corrected chi connectivity index (χ0v) is 13.0. The number of carbonyl (C=O) groups is 2. The van der Waals surface area contributed by atoms with Gasteiger partial charge in [0.1, 0.15) is 6.54 Å². The zero-order chi connectivity index (χ0) is 16.3. The van der Waals surface area contributed by atoms with E-state index in [1.54, 1.807) is 12.1 Å². The highest BCUT2D eigenvalue weighted by molar-refractivity contribution is 6.10. The Morgan fingerprint density at radius 1 is 1.32 bits per heavy atom. The van der Waals surface area contributed by atoms with Crippen LogP contribution in [0, 0.1) is 5.92 Å². The fourth-order valence-corrected chi connectivity index (χ4v) is 2.61. The van der Waals surface area contributed by atoms with Gasteiger partial charge in [0.05, 0.1) is 0 Å². The van der Waals surface area contributed by atoms with Crippen molar-refractivity contribution in [3.63, 3.8) is 0 Å². The third-order valence-electron chi connectivity index (χ3n) is 3.93. The molecule has 0 aromatic heterocycles. The molecule has 22 heavy (non-hydrogen) atoms. The van der Waals surface area contributed by atoms with E-state index in [0.29, 0.717) is 17.7 Å². The Bertz CT molecular complexity index is 560. The van der Waals surface area contributed by atoms with Crippen LogP contribution in [0.25, 0.3) is 5.70 Å². The number of carbonyl (C=O) groups excluding carboxylic acids is 2. The van der Waals surface area contributed by atoms with Crippen molar-refractivity contribution in [3.8, 4) is 0 Å². The summed E-state index contributed by atoms with van der Waals surface area (Å²) in [5.74, 6) is -0.223. The van der Waals surface area contributed by atoms with Gasteiger partial charge in [0.25, 0.3) is 5.91 Å². The Hall–Kier alpha value is -2.14. The summed E-state index contributed by atoms with van der Waals surface area (Å²) in [6.07, 6.45) is 0.499. The van der Waals surface area contributed by atoms with Gasteiger partial charge >= 0.3 is 0 Å². The highest BCUT2D eigenvalue weighted by Gasteiger charge is 2.32. The van der Waals surface area contributed by atoms with Crippen molar-refractivity contribution >= 4 is 17.5 Å². The number of benzene rings is 1. The second kappa shape index (κ2) is 6.75. The Morgan fingerprint density at radius 3 is 2.50 bits per heavy atom. The normalized spacial score (nSPS) is 15.2. The molecule has 0 fully saturated rings. The number of rotatable bonds is 6. The molecule has 2 amide bonds. The van der Waals surface area contributed by atoms with Crippen LogP contribution in [0.15, 0.2) is 30.8 Å². The van der Waals surface area contributed by atoms with Crippen molar-refractivity contribution in [3.05, 3.63) is 42.0 Å². The topological polar surface area (TPSA) is 69.6 Å². The van der Waals surface area contributed by atoms with Gasteiger partial charge in [-0.1, -0.05) is 38.6 Å². The summed E-state index contributed by atoms with van der Waals surface area (Å²) < 4.78 is 0. The fraction of sp³-hybridized carbons (Fsp3) is 0.412. The van der Waals surface area contributed by atoms with E-state index in [4.69, 9.17) is 5.11 Å². The molecule has 0 saturated carbocycles. The van der Waals surface area contributed by atoms with Gasteiger partial charge in [0.2, 0.25) is 5.91 Å². The first-order valence-electron chi connectivity index (χ1n) is 7.46. The maximum atomic E-state index is 12.3. The smallest absolute Gasteiger partial charge is 0.259 e. The van der Waals surface area contributed by atoms with Gasteiger partial charge in [0.15, 0.2) is 0 Å². The van der Waals surface area contributed by atoms with Gasteiger partial charge in [-0.2, -0.15) is 0 Å². The SMILES string of the molecule is C=C1c2ccccc2C(=O)N1CC(=O)NC(CCO)C(C)C. The van der Waals surface area contributed by atoms with E-state index in [-0.39, 0.29) is 36.9 Å². The van der Waals surface area contributed by atoms with E-state index in [1.165, 1.54) is 4.90 Å². The lowest BCUT2D eigenvalue weighted by atomic mass is 10.0. The summed E-state index contributed by atoms with van der Waals surface area (Å²) in [6, 6.07) is 7.10. The van der Waals surface area contributed by atoms with E-state index >= 15 is 0 Å². The van der Waals surface area contributed by atoms with Crippen molar-refractivity contribution in [1.29, 1.82) is 0 Å². The van der Waals surface area contributed by atoms with Crippen LogP contribution in [0.4, 0.5) is 0 Å². The van der Waals surface area contributed by atoms with Gasteiger partial charge in [-0.15, -0.1) is 0 Å². The number of nitrogens with one attached hydrogen (secondary N) is 1. The molecule has 5 nitrogen and oxygen atoms in total. The third-order valence-corrected chi connectivity index (χ3v) is 3.93. The van der Waals surface area contributed by atoms with Crippen molar-refractivity contribution in [2.24, 2.45) is 5.92 Å². The highest BCUT2D eigenvalue weighted by atomic mass is 16.3. The molecule has 1 heterocycles. The van der Waals surface area contributed by atoms with Gasteiger partial charge in [0, 0.05) is 29.5 Å². The van der Waals surface area contributed by atoms with E-state index < -0.39 is 0 Å². The van der Waals surface area contributed by atoms with Crippen LogP contribution >= 0.6 is 0 Å². The Labute approximate surface area is 130 Å².